The molecule has 152 valence electrons. The van der Waals surface area contributed by atoms with Gasteiger partial charge < -0.3 is 20.8 Å². The highest BCUT2D eigenvalue weighted by Gasteiger charge is 2.01. The first kappa shape index (κ1) is 24.8. The van der Waals surface area contributed by atoms with Gasteiger partial charge in [-0.2, -0.15) is 0 Å². The van der Waals surface area contributed by atoms with Gasteiger partial charge in [-0.05, 0) is 38.8 Å². The normalized spacial score (nSPS) is 13.9. The van der Waals surface area contributed by atoms with Gasteiger partial charge in [0.15, 0.2) is 0 Å². The van der Waals surface area contributed by atoms with Crippen molar-refractivity contribution in [3.05, 3.63) is 0 Å². The molecule has 0 radical (unpaired) electrons. The summed E-state index contributed by atoms with van der Waals surface area (Å²) in [7, 11) is 0. The van der Waals surface area contributed by atoms with Crippen molar-refractivity contribution >= 4 is 0 Å². The largest absolute Gasteiger partial charge is 0.392 e. The lowest BCUT2D eigenvalue weighted by Crippen LogP contribution is -2.27. The smallest absolute Gasteiger partial charge is 0.0664 e. The molecule has 4 N–H and O–H groups in total. The van der Waals surface area contributed by atoms with E-state index in [2.05, 4.69) is 24.5 Å². The zero-order valence-electron chi connectivity index (χ0n) is 17.1. The van der Waals surface area contributed by atoms with Gasteiger partial charge in [0.25, 0.3) is 0 Å². The van der Waals surface area contributed by atoms with Crippen LogP contribution >= 0.6 is 0 Å². The summed E-state index contributed by atoms with van der Waals surface area (Å²) in [6.45, 7) is 7.81. The predicted molar refractivity (Wildman–Crippen MR) is 109 cm³/mol. The quantitative estimate of drug-likeness (QED) is 0.248. The summed E-state index contributed by atoms with van der Waals surface area (Å²) >= 11 is 0. The zero-order chi connectivity index (χ0) is 18.6. The lowest BCUT2D eigenvalue weighted by molar-refractivity contribution is 0.160. The summed E-state index contributed by atoms with van der Waals surface area (Å²) in [6.07, 6.45) is 15.4. The van der Waals surface area contributed by atoms with Crippen molar-refractivity contribution in [2.75, 3.05) is 26.2 Å². The van der Waals surface area contributed by atoms with Gasteiger partial charge in [0.1, 0.15) is 0 Å². The molecule has 0 spiro atoms. The fourth-order valence-corrected chi connectivity index (χ4v) is 3.15. The second-order valence-corrected chi connectivity index (χ2v) is 7.48. The molecular weight excluding hydrogens is 312 g/mol. The number of nitrogens with one attached hydrogen (secondary N) is 2. The molecule has 4 heteroatoms. The molecule has 0 fully saturated rings. The molecule has 0 aromatic carbocycles. The topological polar surface area (TPSA) is 64.5 Å². The SMILES string of the molecule is CCCC(O)CNCCCCCCCCCCCNCC(O)CCC. The monoisotopic (exact) mass is 358 g/mol. The fourth-order valence-electron chi connectivity index (χ4n) is 3.15. The Labute approximate surface area is 157 Å². The summed E-state index contributed by atoms with van der Waals surface area (Å²) < 4.78 is 0. The number of hydrogen-bond donors (Lipinski definition) is 4. The molecule has 0 rings (SSSR count). The maximum absolute atomic E-state index is 9.61. The standard InChI is InChI=1S/C21H46N2O2/c1-3-14-20(24)18-22-16-12-10-8-6-5-7-9-11-13-17-23-19-21(25)15-4-2/h20-25H,3-19H2,1-2H3. The van der Waals surface area contributed by atoms with Crippen molar-refractivity contribution < 1.29 is 10.2 Å². The second-order valence-electron chi connectivity index (χ2n) is 7.48. The molecule has 0 bridgehead atoms. The van der Waals surface area contributed by atoms with E-state index in [-0.39, 0.29) is 12.2 Å². The third-order valence-corrected chi connectivity index (χ3v) is 4.71. The van der Waals surface area contributed by atoms with E-state index in [1.807, 2.05) is 0 Å². The Kier molecular flexibility index (Phi) is 20.0. The first-order valence-electron chi connectivity index (χ1n) is 11.0. The van der Waals surface area contributed by atoms with E-state index in [1.165, 1.54) is 57.8 Å². The molecule has 0 aliphatic rings. The van der Waals surface area contributed by atoms with E-state index in [1.54, 1.807) is 0 Å². The van der Waals surface area contributed by atoms with Crippen LogP contribution in [-0.4, -0.2) is 48.6 Å². The molecule has 0 aromatic rings. The fraction of sp³-hybridized carbons (Fsp3) is 1.00. The van der Waals surface area contributed by atoms with Crippen molar-refractivity contribution in [1.82, 2.24) is 10.6 Å². The third kappa shape index (κ3) is 20.0. The van der Waals surface area contributed by atoms with Crippen molar-refractivity contribution in [2.45, 2.75) is 110 Å². The van der Waals surface area contributed by atoms with Gasteiger partial charge in [-0.3, -0.25) is 0 Å². The summed E-state index contributed by atoms with van der Waals surface area (Å²) in [5.74, 6) is 0. The molecule has 0 aromatic heterocycles. The minimum Gasteiger partial charge on any atom is -0.392 e. The molecule has 0 aliphatic heterocycles. The van der Waals surface area contributed by atoms with E-state index in [0.29, 0.717) is 0 Å². The van der Waals surface area contributed by atoms with Crippen LogP contribution in [-0.2, 0) is 0 Å². The maximum atomic E-state index is 9.61. The first-order valence-corrected chi connectivity index (χ1v) is 11.0. The van der Waals surface area contributed by atoms with Gasteiger partial charge in [0, 0.05) is 13.1 Å². The Balaban J connectivity index is 3.07. The molecule has 4 nitrogen and oxygen atoms in total. The van der Waals surface area contributed by atoms with Crippen LogP contribution in [0.15, 0.2) is 0 Å². The van der Waals surface area contributed by atoms with Crippen molar-refractivity contribution in [3.8, 4) is 0 Å². The molecule has 0 saturated carbocycles. The molecule has 0 aliphatic carbocycles. The minimum absolute atomic E-state index is 0.165. The predicted octanol–water partition coefficient (Wildman–Crippen LogP) is 4.00. The van der Waals surface area contributed by atoms with E-state index >= 15 is 0 Å². The van der Waals surface area contributed by atoms with Crippen LogP contribution in [0, 0.1) is 0 Å². The third-order valence-electron chi connectivity index (χ3n) is 4.71. The molecule has 0 amide bonds. The van der Waals surface area contributed by atoms with Crippen LogP contribution < -0.4 is 10.6 Å². The van der Waals surface area contributed by atoms with E-state index < -0.39 is 0 Å². The van der Waals surface area contributed by atoms with E-state index in [4.69, 9.17) is 0 Å². The van der Waals surface area contributed by atoms with Gasteiger partial charge in [-0.25, -0.2) is 0 Å². The summed E-state index contributed by atoms with van der Waals surface area (Å²) in [4.78, 5) is 0. The highest BCUT2D eigenvalue weighted by Crippen LogP contribution is 2.09. The van der Waals surface area contributed by atoms with E-state index in [9.17, 15) is 10.2 Å². The molecule has 0 heterocycles. The lowest BCUT2D eigenvalue weighted by Gasteiger charge is -2.10. The summed E-state index contributed by atoms with van der Waals surface area (Å²) in [5.41, 5.74) is 0. The minimum atomic E-state index is -0.165. The molecule has 2 unspecified atom stereocenters. The van der Waals surface area contributed by atoms with Crippen LogP contribution in [0.5, 0.6) is 0 Å². The van der Waals surface area contributed by atoms with Crippen LogP contribution in [0.1, 0.15) is 97.3 Å². The Morgan fingerprint density at radius 3 is 1.20 bits per heavy atom. The number of aliphatic hydroxyl groups is 2. The van der Waals surface area contributed by atoms with Gasteiger partial charge in [-0.15, -0.1) is 0 Å². The van der Waals surface area contributed by atoms with Crippen molar-refractivity contribution in [2.24, 2.45) is 0 Å². The van der Waals surface area contributed by atoms with Gasteiger partial charge in [0.2, 0.25) is 0 Å². The van der Waals surface area contributed by atoms with E-state index in [0.717, 1.165) is 51.9 Å². The maximum Gasteiger partial charge on any atom is 0.0664 e. The molecule has 0 saturated heterocycles. The number of hydrogen-bond acceptors (Lipinski definition) is 4. The number of aliphatic hydroxyl groups excluding tert-OH is 2. The van der Waals surface area contributed by atoms with Gasteiger partial charge >= 0.3 is 0 Å². The second kappa shape index (κ2) is 20.2. The summed E-state index contributed by atoms with van der Waals surface area (Å²) in [5, 5.41) is 25.9. The van der Waals surface area contributed by atoms with Crippen LogP contribution in [0.25, 0.3) is 0 Å². The molecule has 2 atom stereocenters. The lowest BCUT2D eigenvalue weighted by atomic mass is 10.1. The Hall–Kier alpha value is -0.160. The average Bonchev–Trinajstić information content (AvgIpc) is 2.58. The van der Waals surface area contributed by atoms with Crippen LogP contribution in [0.2, 0.25) is 0 Å². The number of rotatable bonds is 20. The molecular formula is C21H46N2O2. The number of unbranched alkanes of at least 4 members (excludes halogenated alkanes) is 8. The Morgan fingerprint density at radius 2 is 0.880 bits per heavy atom. The van der Waals surface area contributed by atoms with Crippen molar-refractivity contribution in [3.63, 3.8) is 0 Å². The van der Waals surface area contributed by atoms with Gasteiger partial charge in [-0.1, -0.05) is 71.6 Å². The highest BCUT2D eigenvalue weighted by atomic mass is 16.3. The Morgan fingerprint density at radius 1 is 0.560 bits per heavy atom. The first-order chi connectivity index (χ1) is 12.2. The summed E-state index contributed by atoms with van der Waals surface area (Å²) in [6, 6.07) is 0. The van der Waals surface area contributed by atoms with Crippen LogP contribution in [0.4, 0.5) is 0 Å². The highest BCUT2D eigenvalue weighted by molar-refractivity contribution is 4.60. The van der Waals surface area contributed by atoms with Gasteiger partial charge in [0.05, 0.1) is 12.2 Å². The average molecular weight is 359 g/mol. The molecule has 25 heavy (non-hydrogen) atoms. The Bertz CT molecular complexity index is 228. The van der Waals surface area contributed by atoms with Crippen LogP contribution in [0.3, 0.4) is 0 Å². The van der Waals surface area contributed by atoms with Crippen molar-refractivity contribution in [1.29, 1.82) is 0 Å². The zero-order valence-corrected chi connectivity index (χ0v) is 17.1.